The first-order chi connectivity index (χ1) is 9.73. The molecule has 0 unspecified atom stereocenters. The van der Waals surface area contributed by atoms with Crippen LogP contribution in [0.2, 0.25) is 5.02 Å². The average Bonchev–Trinajstić information content (AvgIpc) is 2.44. The number of sulfonamides is 1. The summed E-state index contributed by atoms with van der Waals surface area (Å²) in [6.45, 7) is 0.277. The van der Waals surface area contributed by atoms with Gasteiger partial charge >= 0.3 is 0 Å². The van der Waals surface area contributed by atoms with Crippen molar-refractivity contribution in [3.63, 3.8) is 0 Å². The van der Waals surface area contributed by atoms with E-state index in [4.69, 9.17) is 22.4 Å². The highest BCUT2D eigenvalue weighted by Gasteiger charge is 2.27. The minimum Gasteiger partial charge on any atom is -0.396 e. The number of halogens is 3. The number of aliphatic hydroxyl groups is 1. The Morgan fingerprint density at radius 3 is 2.62 bits per heavy atom. The zero-order valence-electron chi connectivity index (χ0n) is 11.4. The van der Waals surface area contributed by atoms with Crippen molar-refractivity contribution in [1.82, 2.24) is 4.31 Å². The Bertz CT molecular complexity index is 613. The van der Waals surface area contributed by atoms with E-state index >= 15 is 0 Å². The molecule has 0 atom stereocenters. The molecule has 0 saturated heterocycles. The van der Waals surface area contributed by atoms with Crippen molar-refractivity contribution in [3.05, 3.63) is 21.4 Å². The summed E-state index contributed by atoms with van der Waals surface area (Å²) in [4.78, 5) is -0.544. The predicted molar refractivity (Wildman–Crippen MR) is 84.3 cm³/mol. The fourth-order valence-electron chi connectivity index (χ4n) is 1.70. The molecule has 9 heteroatoms. The van der Waals surface area contributed by atoms with Crippen LogP contribution in [0.3, 0.4) is 0 Å². The van der Waals surface area contributed by atoms with Gasteiger partial charge in [0.2, 0.25) is 10.0 Å². The van der Waals surface area contributed by atoms with Crippen molar-refractivity contribution >= 4 is 43.2 Å². The molecule has 3 N–H and O–H groups in total. The van der Waals surface area contributed by atoms with Crippen LogP contribution >= 0.6 is 27.5 Å². The molecule has 120 valence electrons. The number of anilines is 1. The van der Waals surface area contributed by atoms with Gasteiger partial charge in [0.25, 0.3) is 0 Å². The van der Waals surface area contributed by atoms with E-state index in [1.54, 1.807) is 0 Å². The maximum absolute atomic E-state index is 14.1. The minimum atomic E-state index is -4.01. The quantitative estimate of drug-likeness (QED) is 0.416. The Labute approximate surface area is 137 Å². The van der Waals surface area contributed by atoms with Crippen LogP contribution < -0.4 is 5.73 Å². The number of nitrogens with zero attached hydrogens (tertiary/aromatic N) is 1. The topological polar surface area (TPSA) is 83.6 Å². The third-order valence-electron chi connectivity index (χ3n) is 2.98. The molecule has 1 aromatic carbocycles. The number of hydrogen-bond acceptors (Lipinski definition) is 4. The lowest BCUT2D eigenvalue weighted by atomic mass is 10.2. The predicted octanol–water partition coefficient (Wildman–Crippen LogP) is 2.61. The largest absolute Gasteiger partial charge is 0.396 e. The highest BCUT2D eigenvalue weighted by Crippen LogP contribution is 2.35. The van der Waals surface area contributed by atoms with Gasteiger partial charge in [-0.15, -0.1) is 0 Å². The second-order valence-electron chi connectivity index (χ2n) is 4.51. The van der Waals surface area contributed by atoms with Crippen LogP contribution in [0.25, 0.3) is 0 Å². The number of unbranched alkanes of at least 4 members (excludes halogenated alkanes) is 2. The van der Waals surface area contributed by atoms with Gasteiger partial charge in [-0.1, -0.05) is 11.6 Å². The van der Waals surface area contributed by atoms with Gasteiger partial charge in [-0.25, -0.2) is 17.1 Å². The number of benzene rings is 1. The molecule has 1 rings (SSSR count). The molecule has 0 fully saturated rings. The summed E-state index contributed by atoms with van der Waals surface area (Å²) in [5.41, 5.74) is 5.16. The number of nitrogen functional groups attached to an aromatic ring is 1. The van der Waals surface area contributed by atoms with Gasteiger partial charge < -0.3 is 10.8 Å². The van der Waals surface area contributed by atoms with Crippen LogP contribution in [0.15, 0.2) is 15.4 Å². The fourth-order valence-corrected chi connectivity index (χ4v) is 3.57. The molecular weight excluding hydrogens is 387 g/mol. The van der Waals surface area contributed by atoms with Crippen molar-refractivity contribution in [2.75, 3.05) is 25.9 Å². The second-order valence-corrected chi connectivity index (χ2v) is 7.72. The zero-order chi connectivity index (χ0) is 16.2. The lowest BCUT2D eigenvalue weighted by Gasteiger charge is -2.18. The number of hydrogen-bond donors (Lipinski definition) is 2. The first kappa shape index (κ1) is 18.6. The highest BCUT2D eigenvalue weighted by atomic mass is 79.9. The van der Waals surface area contributed by atoms with Gasteiger partial charge in [0, 0.05) is 20.2 Å². The van der Waals surface area contributed by atoms with E-state index in [0.29, 0.717) is 19.3 Å². The van der Waals surface area contributed by atoms with Crippen LogP contribution in [0.4, 0.5) is 10.1 Å². The third-order valence-corrected chi connectivity index (χ3v) is 6.21. The van der Waals surface area contributed by atoms with E-state index in [9.17, 15) is 12.8 Å². The van der Waals surface area contributed by atoms with Gasteiger partial charge in [0.05, 0.1) is 15.2 Å². The monoisotopic (exact) mass is 402 g/mol. The van der Waals surface area contributed by atoms with E-state index in [1.165, 1.54) is 7.05 Å². The molecular formula is C12H17BrClFN2O3S. The van der Waals surface area contributed by atoms with Crippen molar-refractivity contribution in [2.24, 2.45) is 0 Å². The van der Waals surface area contributed by atoms with Gasteiger partial charge in [-0.2, -0.15) is 0 Å². The van der Waals surface area contributed by atoms with Crippen LogP contribution in [0.1, 0.15) is 19.3 Å². The molecule has 0 heterocycles. The lowest BCUT2D eigenvalue weighted by Crippen LogP contribution is -2.29. The SMILES string of the molecule is CN(CCCCCO)S(=O)(=O)c1cc(Cl)c(Br)c(N)c1F. The standard InChI is InChI=1S/C12H17BrClFN2O3S/c1-17(5-3-2-4-6-18)21(19,20)9-7-8(14)10(13)12(16)11(9)15/h7,18H,2-6,16H2,1H3. The molecule has 0 saturated carbocycles. The maximum atomic E-state index is 14.1. The minimum absolute atomic E-state index is 0.0288. The summed E-state index contributed by atoms with van der Waals surface area (Å²) < 4.78 is 39.9. The molecule has 21 heavy (non-hydrogen) atoms. The summed E-state index contributed by atoms with van der Waals surface area (Å²) in [5, 5.41) is 8.71. The lowest BCUT2D eigenvalue weighted by molar-refractivity contribution is 0.281. The molecule has 0 aliphatic heterocycles. The van der Waals surface area contributed by atoms with E-state index in [2.05, 4.69) is 15.9 Å². The summed E-state index contributed by atoms with van der Waals surface area (Å²) >= 11 is 8.84. The Balaban J connectivity index is 3.03. The molecule has 1 aromatic rings. The maximum Gasteiger partial charge on any atom is 0.245 e. The van der Waals surface area contributed by atoms with Crippen LogP contribution in [0.5, 0.6) is 0 Å². The van der Waals surface area contributed by atoms with E-state index in [1.807, 2.05) is 0 Å². The molecule has 0 aliphatic carbocycles. The van der Waals surface area contributed by atoms with Gasteiger partial charge in [-0.05, 0) is 41.3 Å². The summed E-state index contributed by atoms with van der Waals surface area (Å²) in [6.07, 6.45) is 1.85. The van der Waals surface area contributed by atoms with Crippen molar-refractivity contribution in [2.45, 2.75) is 24.2 Å². The fraction of sp³-hybridized carbons (Fsp3) is 0.500. The van der Waals surface area contributed by atoms with Crippen LogP contribution in [0, 0.1) is 5.82 Å². The van der Waals surface area contributed by atoms with E-state index < -0.39 is 20.7 Å². The Morgan fingerprint density at radius 2 is 2.05 bits per heavy atom. The Hall–Kier alpha value is -0.410. The Morgan fingerprint density at radius 1 is 1.43 bits per heavy atom. The van der Waals surface area contributed by atoms with Gasteiger partial charge in [0.1, 0.15) is 4.90 Å². The first-order valence-corrected chi connectivity index (χ1v) is 8.84. The van der Waals surface area contributed by atoms with Crippen molar-refractivity contribution < 1.29 is 17.9 Å². The van der Waals surface area contributed by atoms with Crippen molar-refractivity contribution in [3.8, 4) is 0 Å². The van der Waals surface area contributed by atoms with E-state index in [-0.39, 0.29) is 28.3 Å². The second kappa shape index (κ2) is 7.73. The Kier molecular flexibility index (Phi) is 6.86. The van der Waals surface area contributed by atoms with Gasteiger partial charge in [0.15, 0.2) is 5.82 Å². The number of rotatable bonds is 7. The zero-order valence-corrected chi connectivity index (χ0v) is 14.6. The van der Waals surface area contributed by atoms with E-state index in [0.717, 1.165) is 10.4 Å². The number of nitrogens with two attached hydrogens (primary N) is 1. The third kappa shape index (κ3) is 4.29. The molecule has 5 nitrogen and oxygen atoms in total. The normalized spacial score (nSPS) is 12.1. The molecule has 0 spiro atoms. The molecule has 0 bridgehead atoms. The van der Waals surface area contributed by atoms with Gasteiger partial charge in [-0.3, -0.25) is 0 Å². The summed E-state index contributed by atoms with van der Waals surface area (Å²) in [7, 11) is -2.65. The molecule has 0 aromatic heterocycles. The first-order valence-electron chi connectivity index (χ1n) is 6.23. The van der Waals surface area contributed by atoms with Crippen LogP contribution in [-0.2, 0) is 10.0 Å². The van der Waals surface area contributed by atoms with Crippen molar-refractivity contribution in [1.29, 1.82) is 0 Å². The summed E-state index contributed by atoms with van der Waals surface area (Å²) in [6, 6.07) is 1.04. The smallest absolute Gasteiger partial charge is 0.245 e. The molecule has 0 aliphatic rings. The number of aliphatic hydroxyl groups excluding tert-OH is 1. The summed E-state index contributed by atoms with van der Waals surface area (Å²) in [5.74, 6) is -1.02. The highest BCUT2D eigenvalue weighted by molar-refractivity contribution is 9.10. The molecule has 0 radical (unpaired) electrons. The molecule has 0 amide bonds. The average molecular weight is 404 g/mol. The van der Waals surface area contributed by atoms with Crippen LogP contribution in [-0.4, -0.2) is 38.0 Å².